The van der Waals surface area contributed by atoms with E-state index in [0.29, 0.717) is 0 Å². The van der Waals surface area contributed by atoms with E-state index < -0.39 is 0 Å². The zero-order valence-electron chi connectivity index (χ0n) is 16.4. The van der Waals surface area contributed by atoms with Crippen LogP contribution < -0.4 is 0 Å². The van der Waals surface area contributed by atoms with Crippen LogP contribution in [0, 0.1) is 6.92 Å². The maximum Gasteiger partial charge on any atom is 0.115 e. The third kappa shape index (κ3) is 4.89. The molecule has 0 saturated heterocycles. The summed E-state index contributed by atoms with van der Waals surface area (Å²) in [6.07, 6.45) is 5.55. The van der Waals surface area contributed by atoms with E-state index in [4.69, 9.17) is 0 Å². The first kappa shape index (κ1) is 18.9. The highest BCUT2D eigenvalue weighted by Crippen LogP contribution is 2.25. The number of H-pyrrole nitrogens is 1. The summed E-state index contributed by atoms with van der Waals surface area (Å²) in [7, 11) is 0. The molecule has 146 valence electrons. The van der Waals surface area contributed by atoms with Crippen LogP contribution in [0.2, 0.25) is 0 Å². The Bertz CT molecular complexity index is 1040. The summed E-state index contributed by atoms with van der Waals surface area (Å²) in [5.41, 5.74) is 6.87. The molecule has 0 fully saturated rings. The van der Waals surface area contributed by atoms with Crippen LogP contribution in [0.3, 0.4) is 0 Å². The van der Waals surface area contributed by atoms with E-state index in [1.54, 1.807) is 12.1 Å². The minimum absolute atomic E-state index is 0.258. The maximum absolute atomic E-state index is 9.58. The quantitative estimate of drug-likeness (QED) is 0.485. The van der Waals surface area contributed by atoms with Gasteiger partial charge in [-0.25, -0.2) is 0 Å². The number of aryl methyl sites for hydroxylation is 1. The minimum Gasteiger partial charge on any atom is -0.508 e. The Balaban J connectivity index is 1.59. The summed E-state index contributed by atoms with van der Waals surface area (Å²) in [5.74, 6) is 0.258. The maximum atomic E-state index is 9.58. The number of phenolic OH excluding ortho intramolecular Hbond substituents is 1. The van der Waals surface area contributed by atoms with E-state index in [1.165, 1.54) is 16.7 Å². The van der Waals surface area contributed by atoms with Crippen molar-refractivity contribution in [1.29, 1.82) is 0 Å². The van der Waals surface area contributed by atoms with Crippen LogP contribution in [0.4, 0.5) is 0 Å². The summed E-state index contributed by atoms with van der Waals surface area (Å²) in [5, 5.41) is 17.0. The van der Waals surface area contributed by atoms with Crippen molar-refractivity contribution in [2.24, 2.45) is 0 Å². The number of hydrogen-bond donors (Lipinski definition) is 2. The molecule has 0 aliphatic heterocycles. The summed E-state index contributed by atoms with van der Waals surface area (Å²) < 4.78 is 0. The van der Waals surface area contributed by atoms with E-state index in [9.17, 15) is 5.11 Å². The lowest BCUT2D eigenvalue weighted by Gasteiger charge is -2.23. The van der Waals surface area contributed by atoms with Crippen molar-refractivity contribution < 1.29 is 5.11 Å². The van der Waals surface area contributed by atoms with E-state index in [0.717, 1.165) is 36.5 Å². The van der Waals surface area contributed by atoms with Gasteiger partial charge in [0, 0.05) is 43.2 Å². The average molecular weight is 384 g/mol. The second-order valence-corrected chi connectivity index (χ2v) is 7.30. The van der Waals surface area contributed by atoms with Gasteiger partial charge < -0.3 is 5.11 Å². The monoisotopic (exact) mass is 384 g/mol. The molecule has 2 N–H and O–H groups in total. The molecule has 2 aromatic heterocycles. The third-order valence-corrected chi connectivity index (χ3v) is 4.95. The molecule has 0 atom stereocenters. The van der Waals surface area contributed by atoms with Gasteiger partial charge in [0.15, 0.2) is 0 Å². The number of pyridine rings is 1. The molecule has 0 radical (unpaired) electrons. The fourth-order valence-corrected chi connectivity index (χ4v) is 3.42. The van der Waals surface area contributed by atoms with E-state index >= 15 is 0 Å². The van der Waals surface area contributed by atoms with Crippen LogP contribution in [0.15, 0.2) is 79.3 Å². The Morgan fingerprint density at radius 1 is 0.828 bits per heavy atom. The van der Waals surface area contributed by atoms with Gasteiger partial charge in [0.05, 0.1) is 11.9 Å². The molecule has 0 amide bonds. The number of aromatic amines is 1. The average Bonchev–Trinajstić information content (AvgIpc) is 3.19. The van der Waals surface area contributed by atoms with Gasteiger partial charge in [0.25, 0.3) is 0 Å². The highest BCUT2D eigenvalue weighted by atomic mass is 16.3. The Kier molecular flexibility index (Phi) is 5.68. The largest absolute Gasteiger partial charge is 0.508 e. The molecule has 5 nitrogen and oxygen atoms in total. The van der Waals surface area contributed by atoms with Crippen molar-refractivity contribution in [2.45, 2.75) is 26.6 Å². The van der Waals surface area contributed by atoms with Crippen LogP contribution in [0.5, 0.6) is 5.75 Å². The number of nitrogens with one attached hydrogen (secondary N) is 1. The second kappa shape index (κ2) is 8.71. The number of nitrogens with zero attached hydrogens (tertiary/aromatic N) is 3. The molecule has 4 aromatic rings. The molecule has 2 heterocycles. The molecule has 0 unspecified atom stereocenters. The summed E-state index contributed by atoms with van der Waals surface area (Å²) in [4.78, 5) is 6.53. The van der Waals surface area contributed by atoms with Crippen LogP contribution in [0.1, 0.15) is 22.3 Å². The van der Waals surface area contributed by atoms with E-state index in [1.807, 2.05) is 30.7 Å². The summed E-state index contributed by atoms with van der Waals surface area (Å²) in [6.45, 7) is 4.51. The van der Waals surface area contributed by atoms with E-state index in [-0.39, 0.29) is 5.75 Å². The van der Waals surface area contributed by atoms with Gasteiger partial charge in [-0.05, 0) is 54.4 Å². The second-order valence-electron chi connectivity index (χ2n) is 7.30. The molecule has 4 rings (SSSR count). The predicted molar refractivity (Wildman–Crippen MR) is 114 cm³/mol. The van der Waals surface area contributed by atoms with Crippen molar-refractivity contribution >= 4 is 0 Å². The smallest absolute Gasteiger partial charge is 0.115 e. The predicted octanol–water partition coefficient (Wildman–Crippen LogP) is 4.69. The van der Waals surface area contributed by atoms with Crippen molar-refractivity contribution in [1.82, 2.24) is 20.1 Å². The minimum atomic E-state index is 0.258. The molecule has 0 bridgehead atoms. The van der Waals surface area contributed by atoms with E-state index in [2.05, 4.69) is 63.4 Å². The zero-order valence-corrected chi connectivity index (χ0v) is 16.4. The van der Waals surface area contributed by atoms with Crippen molar-refractivity contribution in [3.8, 4) is 17.0 Å². The van der Waals surface area contributed by atoms with Crippen molar-refractivity contribution in [3.63, 3.8) is 0 Å². The molecule has 0 saturated carbocycles. The Morgan fingerprint density at radius 2 is 1.48 bits per heavy atom. The molecule has 5 heteroatoms. The van der Waals surface area contributed by atoms with Crippen LogP contribution in [0.25, 0.3) is 11.3 Å². The molecular weight excluding hydrogens is 360 g/mol. The lowest BCUT2D eigenvalue weighted by atomic mass is 10.1. The lowest BCUT2D eigenvalue weighted by molar-refractivity contribution is 0.248. The number of benzene rings is 2. The standard InChI is InChI=1S/C24H24N4O/c1-18-2-4-19(5-3-18)15-28(16-20-10-12-25-13-11-20)17-22-14-26-27-24(22)21-6-8-23(29)9-7-21/h2-14,29H,15-17H2,1H3,(H,26,27). The normalized spacial score (nSPS) is 11.1. The number of phenols is 1. The fraction of sp³-hybridized carbons (Fsp3) is 0.167. The van der Waals surface area contributed by atoms with Crippen molar-refractivity contribution in [3.05, 3.63) is 102 Å². The van der Waals surface area contributed by atoms with Gasteiger partial charge in [0.1, 0.15) is 5.75 Å². The van der Waals surface area contributed by atoms with Gasteiger partial charge in [0.2, 0.25) is 0 Å². The molecule has 29 heavy (non-hydrogen) atoms. The van der Waals surface area contributed by atoms with Crippen LogP contribution in [-0.4, -0.2) is 25.2 Å². The number of aromatic hydroxyl groups is 1. The van der Waals surface area contributed by atoms with Crippen molar-refractivity contribution in [2.75, 3.05) is 0 Å². The fourth-order valence-electron chi connectivity index (χ4n) is 3.42. The van der Waals surface area contributed by atoms with Crippen LogP contribution in [-0.2, 0) is 19.6 Å². The molecule has 0 spiro atoms. The summed E-state index contributed by atoms with van der Waals surface area (Å²) in [6, 6.07) is 20.0. The number of aromatic nitrogens is 3. The van der Waals surface area contributed by atoms with Gasteiger partial charge in [-0.15, -0.1) is 0 Å². The lowest BCUT2D eigenvalue weighted by Crippen LogP contribution is -2.22. The van der Waals surface area contributed by atoms with Gasteiger partial charge >= 0.3 is 0 Å². The highest BCUT2D eigenvalue weighted by Gasteiger charge is 2.14. The Hall–Kier alpha value is -3.44. The van der Waals surface area contributed by atoms with Gasteiger partial charge in [-0.3, -0.25) is 15.0 Å². The third-order valence-electron chi connectivity index (χ3n) is 4.95. The molecular formula is C24H24N4O. The molecule has 0 aliphatic carbocycles. The number of rotatable bonds is 7. The summed E-state index contributed by atoms with van der Waals surface area (Å²) >= 11 is 0. The first-order chi connectivity index (χ1) is 14.2. The molecule has 0 aliphatic rings. The SMILES string of the molecule is Cc1ccc(CN(Cc2ccncc2)Cc2cn[nH]c2-c2ccc(O)cc2)cc1. The number of hydrogen-bond acceptors (Lipinski definition) is 4. The first-order valence-corrected chi connectivity index (χ1v) is 9.66. The Morgan fingerprint density at radius 3 is 2.17 bits per heavy atom. The Labute approximate surface area is 170 Å². The molecule has 2 aromatic carbocycles. The van der Waals surface area contributed by atoms with Gasteiger partial charge in [-0.1, -0.05) is 29.8 Å². The first-order valence-electron chi connectivity index (χ1n) is 9.66. The topological polar surface area (TPSA) is 65.0 Å². The zero-order chi connectivity index (χ0) is 20.1. The van der Waals surface area contributed by atoms with Gasteiger partial charge in [-0.2, -0.15) is 5.10 Å². The highest BCUT2D eigenvalue weighted by molar-refractivity contribution is 5.63. The van der Waals surface area contributed by atoms with Crippen LogP contribution >= 0.6 is 0 Å².